The van der Waals surface area contributed by atoms with Crippen molar-refractivity contribution in [2.24, 2.45) is 0 Å². The molecule has 1 heterocycles. The number of nitrogens with one attached hydrogen (secondary N) is 1. The van der Waals surface area contributed by atoms with Crippen LogP contribution in [0.4, 0.5) is 4.39 Å². The topological polar surface area (TPSA) is 108 Å². The third kappa shape index (κ3) is 6.07. The maximum atomic E-state index is 14.3. The second-order valence-electron chi connectivity index (χ2n) is 9.50. The van der Waals surface area contributed by atoms with E-state index in [0.29, 0.717) is 37.6 Å². The highest BCUT2D eigenvalue weighted by molar-refractivity contribution is 6.34. The van der Waals surface area contributed by atoms with Crippen LogP contribution in [0.15, 0.2) is 79.0 Å². The summed E-state index contributed by atoms with van der Waals surface area (Å²) in [5, 5.41) is 27.6. The number of hydrogen-bond donors (Lipinski definition) is 2. The van der Waals surface area contributed by atoms with E-state index in [-0.39, 0.29) is 23.2 Å². The minimum atomic E-state index is -1.04. The molecule has 0 radical (unpaired) electrons. The second kappa shape index (κ2) is 11.4. The number of carboxylic acid groups (broad SMARTS) is 1. The molecule has 1 amide bonds. The number of benzene rings is 4. The molecule has 7 nitrogen and oxygen atoms in total. The monoisotopic (exact) mass is 586 g/mol. The first-order chi connectivity index (χ1) is 19.6. The Bertz CT molecular complexity index is 1840. The molecule has 2 N–H and O–H groups in total. The Hall–Kier alpha value is -4.71. The zero-order chi connectivity index (χ0) is 29.3. The van der Waals surface area contributed by atoms with E-state index in [1.807, 2.05) is 6.07 Å². The van der Waals surface area contributed by atoms with Crippen molar-refractivity contribution in [3.8, 4) is 17.2 Å². The molecule has 0 spiro atoms. The Morgan fingerprint density at radius 1 is 1.02 bits per heavy atom. The average Bonchev–Trinajstić information content (AvgIpc) is 3.34. The van der Waals surface area contributed by atoms with Gasteiger partial charge in [0, 0.05) is 15.4 Å². The van der Waals surface area contributed by atoms with Crippen molar-refractivity contribution < 1.29 is 19.1 Å². The van der Waals surface area contributed by atoms with Crippen LogP contribution in [0, 0.1) is 17.1 Å². The lowest BCUT2D eigenvalue weighted by molar-refractivity contribution is 0.0696. The number of amides is 1. The third-order valence-corrected chi connectivity index (χ3v) is 7.03. The maximum Gasteiger partial charge on any atom is 0.335 e. The number of rotatable bonds is 7. The quantitative estimate of drug-likeness (QED) is 0.208. The van der Waals surface area contributed by atoms with Crippen molar-refractivity contribution in [2.45, 2.75) is 19.5 Å². The summed E-state index contributed by atoms with van der Waals surface area (Å²) in [5.74, 6) is -2.04. The second-order valence-corrected chi connectivity index (χ2v) is 10.4. The average molecular weight is 587 g/mol. The number of nitriles is 1. The van der Waals surface area contributed by atoms with Gasteiger partial charge in [0.05, 0.1) is 47.1 Å². The van der Waals surface area contributed by atoms with Crippen LogP contribution in [0.2, 0.25) is 10.0 Å². The lowest BCUT2D eigenvalue weighted by Gasteiger charge is -2.17. The van der Waals surface area contributed by atoms with Crippen LogP contribution in [-0.4, -0.2) is 26.8 Å². The molecule has 0 aliphatic carbocycles. The molecular weight excluding hydrogens is 566 g/mol. The van der Waals surface area contributed by atoms with Gasteiger partial charge < -0.3 is 10.4 Å². The number of carbonyl (C=O) groups is 2. The van der Waals surface area contributed by atoms with Crippen LogP contribution in [0.3, 0.4) is 0 Å². The fraction of sp³-hybridized carbons (Fsp3) is 0.0968. The molecule has 0 fully saturated rings. The fourth-order valence-corrected chi connectivity index (χ4v) is 5.23. The summed E-state index contributed by atoms with van der Waals surface area (Å²) < 4.78 is 16.0. The van der Waals surface area contributed by atoms with Gasteiger partial charge in [-0.25, -0.2) is 9.18 Å². The van der Waals surface area contributed by atoms with Gasteiger partial charge in [0.15, 0.2) is 0 Å². The first-order valence-electron chi connectivity index (χ1n) is 12.4. The molecule has 4 aromatic carbocycles. The van der Waals surface area contributed by atoms with Gasteiger partial charge in [0.1, 0.15) is 5.82 Å². The largest absolute Gasteiger partial charge is 0.478 e. The molecular formula is C31H21Cl2FN4O3. The van der Waals surface area contributed by atoms with E-state index in [0.717, 1.165) is 11.6 Å². The zero-order valence-corrected chi connectivity index (χ0v) is 23.0. The maximum absolute atomic E-state index is 14.3. The van der Waals surface area contributed by atoms with Crippen molar-refractivity contribution in [1.82, 2.24) is 15.1 Å². The van der Waals surface area contributed by atoms with E-state index < -0.39 is 23.7 Å². The minimum absolute atomic E-state index is 0.138. The number of hydrogen-bond acceptors (Lipinski definition) is 4. The van der Waals surface area contributed by atoms with Gasteiger partial charge in [-0.05, 0) is 89.8 Å². The number of aromatic nitrogens is 2. The van der Waals surface area contributed by atoms with E-state index in [1.54, 1.807) is 66.3 Å². The van der Waals surface area contributed by atoms with Gasteiger partial charge in [0.25, 0.3) is 5.91 Å². The number of fused-ring (bicyclic) bond motifs is 1. The number of carboxylic acids is 1. The Kier molecular flexibility index (Phi) is 7.75. The van der Waals surface area contributed by atoms with Crippen LogP contribution in [0.5, 0.6) is 0 Å². The fourth-order valence-electron chi connectivity index (χ4n) is 4.66. The number of aromatic carboxylic acids is 1. The predicted octanol–water partition coefficient (Wildman–Crippen LogP) is 7.26. The van der Waals surface area contributed by atoms with Crippen molar-refractivity contribution in [1.29, 1.82) is 5.26 Å². The summed E-state index contributed by atoms with van der Waals surface area (Å²) in [5.41, 5.74) is 3.55. The van der Waals surface area contributed by atoms with Crippen molar-refractivity contribution in [2.75, 3.05) is 0 Å². The van der Waals surface area contributed by atoms with E-state index >= 15 is 0 Å². The number of nitrogens with zero attached hydrogens (tertiary/aromatic N) is 3. The van der Waals surface area contributed by atoms with Gasteiger partial charge >= 0.3 is 5.97 Å². The molecule has 0 saturated carbocycles. The SMILES string of the molecule is C[C@H](NC(=O)c1cc(-c2cc(F)cc(C#N)c2)cc2cnn(Cc3cc(Cl)cc(Cl)c3)c12)c1ccc(C(=O)O)cc1. The van der Waals surface area contributed by atoms with Gasteiger partial charge in [-0.1, -0.05) is 35.3 Å². The van der Waals surface area contributed by atoms with Gasteiger partial charge in [0.2, 0.25) is 0 Å². The Morgan fingerprint density at radius 2 is 1.71 bits per heavy atom. The molecule has 10 heteroatoms. The smallest absolute Gasteiger partial charge is 0.335 e. The zero-order valence-electron chi connectivity index (χ0n) is 21.5. The highest BCUT2D eigenvalue weighted by Crippen LogP contribution is 2.31. The molecule has 0 bridgehead atoms. The molecule has 5 rings (SSSR count). The van der Waals surface area contributed by atoms with Gasteiger partial charge in [-0.3, -0.25) is 9.48 Å². The molecule has 0 saturated heterocycles. The Balaban J connectivity index is 1.59. The van der Waals surface area contributed by atoms with Crippen molar-refractivity contribution >= 4 is 46.0 Å². The highest BCUT2D eigenvalue weighted by atomic mass is 35.5. The molecule has 204 valence electrons. The standard InChI is InChI=1S/C31H21Cl2FN4O3/c1-17(20-2-4-21(5-3-20)31(40)41)37-30(39)28-12-23(22-6-18(14-35)9-27(34)11-22)10-24-15-36-38(29(24)28)16-19-7-25(32)13-26(33)8-19/h2-13,15,17H,16H2,1H3,(H,37,39)(H,40,41)/t17-/m0/s1. The summed E-state index contributed by atoms with van der Waals surface area (Å²) in [7, 11) is 0. The highest BCUT2D eigenvalue weighted by Gasteiger charge is 2.20. The van der Waals surface area contributed by atoms with Crippen LogP contribution in [0.1, 0.15) is 50.4 Å². The first-order valence-corrected chi connectivity index (χ1v) is 13.2. The van der Waals surface area contributed by atoms with Crippen LogP contribution in [-0.2, 0) is 6.54 Å². The van der Waals surface area contributed by atoms with Gasteiger partial charge in [-0.2, -0.15) is 10.4 Å². The van der Waals surface area contributed by atoms with Crippen LogP contribution in [0.25, 0.3) is 22.0 Å². The molecule has 0 unspecified atom stereocenters. The normalized spacial score (nSPS) is 11.7. The summed E-state index contributed by atoms with van der Waals surface area (Å²) in [6.45, 7) is 2.06. The van der Waals surface area contributed by atoms with E-state index in [9.17, 15) is 24.3 Å². The summed E-state index contributed by atoms with van der Waals surface area (Å²) in [6.07, 6.45) is 1.61. The number of carbonyl (C=O) groups excluding carboxylic acids is 1. The summed E-state index contributed by atoms with van der Waals surface area (Å²) in [4.78, 5) is 25.0. The van der Waals surface area contributed by atoms with Crippen molar-refractivity contribution in [3.63, 3.8) is 0 Å². The Morgan fingerprint density at radius 3 is 2.37 bits per heavy atom. The van der Waals surface area contributed by atoms with E-state index in [1.165, 1.54) is 18.2 Å². The summed E-state index contributed by atoms with van der Waals surface area (Å²) >= 11 is 12.4. The molecule has 41 heavy (non-hydrogen) atoms. The molecule has 1 aromatic heterocycles. The van der Waals surface area contributed by atoms with Crippen molar-refractivity contribution in [3.05, 3.63) is 123 Å². The van der Waals surface area contributed by atoms with E-state index in [2.05, 4.69) is 10.4 Å². The number of halogens is 3. The Labute approximate surface area is 244 Å². The van der Waals surface area contributed by atoms with Crippen LogP contribution < -0.4 is 5.32 Å². The lowest BCUT2D eigenvalue weighted by atomic mass is 9.98. The molecule has 0 aliphatic heterocycles. The molecule has 5 aromatic rings. The van der Waals surface area contributed by atoms with E-state index in [4.69, 9.17) is 23.2 Å². The predicted molar refractivity (Wildman–Crippen MR) is 155 cm³/mol. The van der Waals surface area contributed by atoms with Crippen LogP contribution >= 0.6 is 23.2 Å². The lowest BCUT2D eigenvalue weighted by Crippen LogP contribution is -2.27. The minimum Gasteiger partial charge on any atom is -0.478 e. The third-order valence-electron chi connectivity index (χ3n) is 6.60. The van der Waals surface area contributed by atoms with Gasteiger partial charge in [-0.15, -0.1) is 0 Å². The first kappa shape index (κ1) is 27.8. The summed E-state index contributed by atoms with van der Waals surface area (Å²) in [6, 6.07) is 20.3. The molecule has 0 aliphatic rings. The molecule has 1 atom stereocenters.